The van der Waals surface area contributed by atoms with Gasteiger partial charge in [0.15, 0.2) is 11.6 Å². The molecule has 0 radical (unpaired) electrons. The van der Waals surface area contributed by atoms with Crippen molar-refractivity contribution in [3.8, 4) is 5.75 Å². The highest BCUT2D eigenvalue weighted by molar-refractivity contribution is 5.97. The molecule has 3 aliphatic rings. The van der Waals surface area contributed by atoms with Crippen LogP contribution in [0.4, 0.5) is 8.78 Å². The third-order valence-electron chi connectivity index (χ3n) is 8.83. The fourth-order valence-corrected chi connectivity index (χ4v) is 6.06. The molecule has 1 aromatic rings. The first-order chi connectivity index (χ1) is 20.4. The van der Waals surface area contributed by atoms with Gasteiger partial charge in [-0.05, 0) is 49.8 Å². The number of amides is 1. The second-order valence-corrected chi connectivity index (χ2v) is 12.6. The minimum Gasteiger partial charge on any atom is -0.497 e. The monoisotopic (exact) mass is 606 g/mol. The highest BCUT2D eigenvalue weighted by Crippen LogP contribution is 2.43. The van der Waals surface area contributed by atoms with Crippen molar-refractivity contribution in [3.63, 3.8) is 0 Å². The molecule has 2 saturated heterocycles. The number of epoxide rings is 1. The summed E-state index contributed by atoms with van der Waals surface area (Å²) in [5.41, 5.74) is -0.234. The van der Waals surface area contributed by atoms with Crippen molar-refractivity contribution in [1.82, 2.24) is 10.2 Å². The molecule has 238 valence electrons. The van der Waals surface area contributed by atoms with Crippen molar-refractivity contribution in [1.29, 1.82) is 0 Å². The summed E-state index contributed by atoms with van der Waals surface area (Å²) in [5, 5.41) is 2.84. The van der Waals surface area contributed by atoms with Crippen molar-refractivity contribution < 1.29 is 42.2 Å². The van der Waals surface area contributed by atoms with Gasteiger partial charge in [0.1, 0.15) is 17.1 Å². The number of carbonyl (C=O) groups is 4. The average Bonchev–Trinajstić information content (AvgIpc) is 3.64. The summed E-state index contributed by atoms with van der Waals surface area (Å²) in [7, 11) is 1.55. The van der Waals surface area contributed by atoms with E-state index < -0.39 is 35.3 Å². The van der Waals surface area contributed by atoms with Gasteiger partial charge >= 0.3 is 0 Å². The zero-order valence-corrected chi connectivity index (χ0v) is 25.4. The van der Waals surface area contributed by atoms with E-state index in [9.17, 15) is 28.0 Å². The van der Waals surface area contributed by atoms with Crippen LogP contribution in [0.25, 0.3) is 0 Å². The Balaban J connectivity index is 1.45. The van der Waals surface area contributed by atoms with Gasteiger partial charge in [-0.15, -0.1) is 0 Å². The molecule has 3 fully saturated rings. The van der Waals surface area contributed by atoms with E-state index in [2.05, 4.69) is 5.32 Å². The summed E-state index contributed by atoms with van der Waals surface area (Å²) in [6, 6.07) is 6.13. The van der Waals surface area contributed by atoms with Crippen LogP contribution in [-0.4, -0.2) is 92.3 Å². The highest BCUT2D eigenvalue weighted by Gasteiger charge is 2.51. The number of nitrogens with one attached hydrogen (secondary N) is 1. The minimum atomic E-state index is -2.76. The maximum Gasteiger partial charge on any atom is 0.248 e. The normalized spacial score (nSPS) is 25.4. The van der Waals surface area contributed by atoms with Gasteiger partial charge in [-0.25, -0.2) is 8.78 Å². The van der Waals surface area contributed by atoms with Gasteiger partial charge in [-0.2, -0.15) is 0 Å². The lowest BCUT2D eigenvalue weighted by Gasteiger charge is -2.26. The molecule has 11 heteroatoms. The molecule has 4 rings (SSSR count). The van der Waals surface area contributed by atoms with Crippen LogP contribution in [-0.2, 0) is 35.1 Å². The zero-order valence-electron chi connectivity index (χ0n) is 25.4. The lowest BCUT2D eigenvalue weighted by molar-refractivity contribution is -0.134. The smallest absolute Gasteiger partial charge is 0.248 e. The van der Waals surface area contributed by atoms with Gasteiger partial charge in [0.2, 0.25) is 11.8 Å². The van der Waals surface area contributed by atoms with Crippen molar-refractivity contribution in [2.24, 2.45) is 17.8 Å². The Bertz CT molecular complexity index is 1150. The van der Waals surface area contributed by atoms with E-state index in [1.54, 1.807) is 45.2 Å². The number of nitrogens with zero attached hydrogens (tertiary/aromatic N) is 1. The standard InChI is InChI=1S/C32H44F2N2O7/c1-21(14-25(37)19-36-10-12-42-13-11-36)30(40)35-27(16-22-4-6-26(41-3)7-5-22)28(38)17-24(29(39)31(2)20-43-31)15-23-8-9-32(33,34)18-23/h4-7,21,23-24,27H,8-20H2,1-3H3,(H,35,40). The van der Waals surface area contributed by atoms with Crippen molar-refractivity contribution in [3.05, 3.63) is 29.8 Å². The van der Waals surface area contributed by atoms with Crippen LogP contribution in [0, 0.1) is 17.8 Å². The molecule has 1 N–H and O–H groups in total. The molecule has 1 aromatic carbocycles. The quantitative estimate of drug-likeness (QED) is 0.285. The molecular formula is C32H44F2N2O7. The van der Waals surface area contributed by atoms with Crippen LogP contribution in [0.3, 0.4) is 0 Å². The molecule has 1 saturated carbocycles. The summed E-state index contributed by atoms with van der Waals surface area (Å²) in [6.07, 6.45) is -0.0493. The largest absolute Gasteiger partial charge is 0.497 e. The Morgan fingerprint density at radius 2 is 1.79 bits per heavy atom. The third-order valence-corrected chi connectivity index (χ3v) is 8.83. The molecule has 1 amide bonds. The number of hydrogen-bond donors (Lipinski definition) is 1. The first-order valence-corrected chi connectivity index (χ1v) is 15.2. The van der Waals surface area contributed by atoms with E-state index in [0.717, 1.165) is 5.56 Å². The second-order valence-electron chi connectivity index (χ2n) is 12.6. The highest BCUT2D eigenvalue weighted by atomic mass is 19.3. The Labute approximate surface area is 252 Å². The molecule has 0 bridgehead atoms. The van der Waals surface area contributed by atoms with Crippen LogP contribution >= 0.6 is 0 Å². The predicted octanol–water partition coefficient (Wildman–Crippen LogP) is 3.41. The Morgan fingerprint density at radius 3 is 2.37 bits per heavy atom. The van der Waals surface area contributed by atoms with Crippen molar-refractivity contribution in [2.75, 3.05) is 46.6 Å². The molecule has 0 spiro atoms. The number of halogens is 2. The van der Waals surface area contributed by atoms with Gasteiger partial charge in [-0.1, -0.05) is 19.1 Å². The van der Waals surface area contributed by atoms with Gasteiger partial charge in [0, 0.05) is 50.6 Å². The maximum absolute atomic E-state index is 14.0. The molecular weight excluding hydrogens is 562 g/mol. The molecule has 2 aliphatic heterocycles. The number of hydrogen-bond acceptors (Lipinski definition) is 8. The first kappa shape index (κ1) is 33.1. The topological polar surface area (TPSA) is 115 Å². The maximum atomic E-state index is 14.0. The SMILES string of the molecule is COc1ccc(CC(NC(=O)C(C)CC(=O)CN2CCOCC2)C(=O)CC(CC2CCC(F)(F)C2)C(=O)C2(C)CO2)cc1. The van der Waals surface area contributed by atoms with Gasteiger partial charge in [-0.3, -0.25) is 24.1 Å². The van der Waals surface area contributed by atoms with E-state index in [0.29, 0.717) is 38.5 Å². The van der Waals surface area contributed by atoms with Crippen molar-refractivity contribution >= 4 is 23.3 Å². The van der Waals surface area contributed by atoms with Gasteiger partial charge in [0.05, 0.1) is 39.5 Å². The van der Waals surface area contributed by atoms with Crippen LogP contribution < -0.4 is 10.1 Å². The van der Waals surface area contributed by atoms with E-state index in [-0.39, 0.29) is 74.9 Å². The van der Waals surface area contributed by atoms with Crippen LogP contribution in [0.1, 0.15) is 57.9 Å². The number of benzene rings is 1. The average molecular weight is 607 g/mol. The molecule has 2 heterocycles. The van der Waals surface area contributed by atoms with E-state index >= 15 is 0 Å². The minimum absolute atomic E-state index is 0.0271. The molecule has 5 atom stereocenters. The van der Waals surface area contributed by atoms with Crippen LogP contribution in [0.5, 0.6) is 5.75 Å². The van der Waals surface area contributed by atoms with Gasteiger partial charge < -0.3 is 19.5 Å². The van der Waals surface area contributed by atoms with Crippen LogP contribution in [0.2, 0.25) is 0 Å². The Kier molecular flexibility index (Phi) is 11.1. The van der Waals surface area contributed by atoms with E-state index in [1.807, 2.05) is 4.90 Å². The molecule has 5 unspecified atom stereocenters. The van der Waals surface area contributed by atoms with E-state index in [1.165, 1.54) is 0 Å². The third kappa shape index (κ3) is 9.61. The molecule has 43 heavy (non-hydrogen) atoms. The Hall–Kier alpha value is -2.76. The number of Topliss-reactive ketones (excluding diaryl/α,β-unsaturated/α-hetero) is 3. The molecule has 9 nitrogen and oxygen atoms in total. The fraction of sp³-hybridized carbons (Fsp3) is 0.688. The second kappa shape index (κ2) is 14.3. The zero-order chi connectivity index (χ0) is 31.2. The van der Waals surface area contributed by atoms with Gasteiger partial charge in [0.25, 0.3) is 0 Å². The van der Waals surface area contributed by atoms with E-state index in [4.69, 9.17) is 14.2 Å². The molecule has 0 aromatic heterocycles. The van der Waals surface area contributed by atoms with Crippen molar-refractivity contribution in [2.45, 2.75) is 76.4 Å². The number of ketones is 3. The summed E-state index contributed by atoms with van der Waals surface area (Å²) >= 11 is 0. The first-order valence-electron chi connectivity index (χ1n) is 15.2. The summed E-state index contributed by atoms with van der Waals surface area (Å²) in [4.78, 5) is 55.1. The summed E-state index contributed by atoms with van der Waals surface area (Å²) < 4.78 is 43.8. The number of morpholine rings is 1. The summed E-state index contributed by atoms with van der Waals surface area (Å²) in [6.45, 7) is 6.23. The number of methoxy groups -OCH3 is 1. The predicted molar refractivity (Wildman–Crippen MR) is 154 cm³/mol. The molecule has 1 aliphatic carbocycles. The number of rotatable bonds is 16. The fourth-order valence-electron chi connectivity index (χ4n) is 6.06. The number of carbonyl (C=O) groups excluding carboxylic acids is 4. The summed E-state index contributed by atoms with van der Waals surface area (Å²) in [5.74, 6) is -5.07. The number of alkyl halides is 2. The lowest BCUT2D eigenvalue weighted by Crippen LogP contribution is -2.46. The van der Waals surface area contributed by atoms with Crippen LogP contribution in [0.15, 0.2) is 24.3 Å². The lowest BCUT2D eigenvalue weighted by atomic mass is 9.81. The Morgan fingerprint density at radius 1 is 1.12 bits per heavy atom. The number of ether oxygens (including phenoxy) is 3.